The molecule has 1 rings (SSSR count). The van der Waals surface area contributed by atoms with Gasteiger partial charge in [0.25, 0.3) is 0 Å². The first-order valence-corrected chi connectivity index (χ1v) is 6.97. The van der Waals surface area contributed by atoms with Gasteiger partial charge in [-0.3, -0.25) is 0 Å². The van der Waals surface area contributed by atoms with E-state index in [2.05, 4.69) is 28.9 Å². The molecule has 0 fully saturated rings. The number of rotatable bonds is 6. The summed E-state index contributed by atoms with van der Waals surface area (Å²) in [6.07, 6.45) is 0.995. The second-order valence-electron chi connectivity index (χ2n) is 4.14. The average Bonchev–Trinajstić information content (AvgIpc) is 2.28. The summed E-state index contributed by atoms with van der Waals surface area (Å²) in [7, 11) is 1.75. The highest BCUT2D eigenvalue weighted by molar-refractivity contribution is 9.09. The summed E-state index contributed by atoms with van der Waals surface area (Å²) in [5.41, 5.74) is 1.22. The van der Waals surface area contributed by atoms with Crippen LogP contribution in [0.2, 0.25) is 5.02 Å². The average molecular weight is 306 g/mol. The van der Waals surface area contributed by atoms with Crippen molar-refractivity contribution in [1.82, 2.24) is 0 Å². The van der Waals surface area contributed by atoms with Crippen LogP contribution in [0.5, 0.6) is 0 Å². The molecule has 1 aromatic rings. The summed E-state index contributed by atoms with van der Waals surface area (Å²) in [6, 6.07) is 8.04. The van der Waals surface area contributed by atoms with Gasteiger partial charge in [0, 0.05) is 24.1 Å². The summed E-state index contributed by atoms with van der Waals surface area (Å²) in [5.74, 6) is 1.08. The third-order valence-corrected chi connectivity index (χ3v) is 4.07. The fraction of sp³-hybridized carbons (Fsp3) is 0.538. The van der Waals surface area contributed by atoms with Crippen molar-refractivity contribution in [2.45, 2.75) is 13.3 Å². The lowest BCUT2D eigenvalue weighted by Gasteiger charge is -2.21. The number of methoxy groups -OCH3 is 1. The molecule has 0 aliphatic rings. The number of ether oxygens (including phenoxy) is 1. The predicted molar refractivity (Wildman–Crippen MR) is 73.5 cm³/mol. The normalized spacial score (nSPS) is 14.8. The van der Waals surface area contributed by atoms with Crippen molar-refractivity contribution < 1.29 is 4.74 Å². The smallest absolute Gasteiger partial charge is 0.0490 e. The third-order valence-electron chi connectivity index (χ3n) is 2.87. The maximum absolute atomic E-state index is 6.16. The molecular formula is C13H18BrClO. The zero-order chi connectivity index (χ0) is 12.0. The zero-order valence-corrected chi connectivity index (χ0v) is 12.1. The van der Waals surface area contributed by atoms with Crippen molar-refractivity contribution in [2.24, 2.45) is 11.8 Å². The molecule has 0 aliphatic heterocycles. The van der Waals surface area contributed by atoms with Crippen molar-refractivity contribution in [1.29, 1.82) is 0 Å². The molecule has 2 unspecified atom stereocenters. The number of benzene rings is 1. The third kappa shape index (κ3) is 4.08. The lowest BCUT2D eigenvalue weighted by Crippen LogP contribution is -2.20. The van der Waals surface area contributed by atoms with E-state index in [0.29, 0.717) is 11.8 Å². The lowest BCUT2D eigenvalue weighted by molar-refractivity contribution is 0.135. The molecule has 0 aromatic heterocycles. The highest BCUT2D eigenvalue weighted by Gasteiger charge is 2.17. The van der Waals surface area contributed by atoms with E-state index in [0.717, 1.165) is 23.4 Å². The largest absolute Gasteiger partial charge is 0.384 e. The standard InChI is InChI=1S/C13H18BrClO/c1-10(9-16-2)12(8-14)7-11-5-3-4-6-13(11)15/h3-6,10,12H,7-9H2,1-2H3. The Labute approximate surface area is 111 Å². The Kier molecular flexibility index (Phi) is 6.40. The van der Waals surface area contributed by atoms with Gasteiger partial charge in [0.1, 0.15) is 0 Å². The molecule has 3 heteroatoms. The zero-order valence-electron chi connectivity index (χ0n) is 9.75. The van der Waals surface area contributed by atoms with E-state index in [1.54, 1.807) is 7.11 Å². The van der Waals surface area contributed by atoms with Gasteiger partial charge >= 0.3 is 0 Å². The van der Waals surface area contributed by atoms with E-state index in [4.69, 9.17) is 16.3 Å². The predicted octanol–water partition coefficient (Wildman–Crippen LogP) is 4.18. The minimum absolute atomic E-state index is 0.528. The summed E-state index contributed by atoms with van der Waals surface area (Å²) in [5, 5.41) is 1.83. The Morgan fingerprint density at radius 1 is 1.38 bits per heavy atom. The van der Waals surface area contributed by atoms with Gasteiger partial charge in [-0.05, 0) is 29.9 Å². The monoisotopic (exact) mass is 304 g/mol. The fourth-order valence-electron chi connectivity index (χ4n) is 1.75. The lowest BCUT2D eigenvalue weighted by atomic mass is 9.90. The van der Waals surface area contributed by atoms with E-state index in [9.17, 15) is 0 Å². The number of alkyl halides is 1. The van der Waals surface area contributed by atoms with Crippen molar-refractivity contribution in [3.8, 4) is 0 Å². The second kappa shape index (κ2) is 7.31. The first-order valence-electron chi connectivity index (χ1n) is 5.47. The molecule has 1 aromatic carbocycles. The molecule has 0 saturated heterocycles. The van der Waals surface area contributed by atoms with E-state index in [-0.39, 0.29) is 0 Å². The molecule has 0 N–H and O–H groups in total. The van der Waals surface area contributed by atoms with Crippen molar-refractivity contribution in [2.75, 3.05) is 19.0 Å². The Morgan fingerprint density at radius 2 is 2.06 bits per heavy atom. The highest BCUT2D eigenvalue weighted by atomic mass is 79.9. The fourth-order valence-corrected chi connectivity index (χ4v) is 2.83. The second-order valence-corrected chi connectivity index (χ2v) is 5.20. The van der Waals surface area contributed by atoms with Crippen LogP contribution >= 0.6 is 27.5 Å². The van der Waals surface area contributed by atoms with Gasteiger partial charge in [-0.15, -0.1) is 0 Å². The van der Waals surface area contributed by atoms with Crippen LogP contribution in [0.25, 0.3) is 0 Å². The number of hydrogen-bond donors (Lipinski definition) is 0. The highest BCUT2D eigenvalue weighted by Crippen LogP contribution is 2.24. The van der Waals surface area contributed by atoms with Crippen LogP contribution in [0.1, 0.15) is 12.5 Å². The number of hydrogen-bond acceptors (Lipinski definition) is 1. The van der Waals surface area contributed by atoms with E-state index < -0.39 is 0 Å². The van der Waals surface area contributed by atoms with Gasteiger partial charge in [-0.1, -0.05) is 52.7 Å². The summed E-state index contributed by atoms with van der Waals surface area (Å²) >= 11 is 9.73. The van der Waals surface area contributed by atoms with Crippen LogP contribution in [0.3, 0.4) is 0 Å². The first-order chi connectivity index (χ1) is 7.69. The molecule has 0 spiro atoms. The molecule has 90 valence electrons. The Hall–Kier alpha value is -0.0500. The minimum atomic E-state index is 0.528. The van der Waals surface area contributed by atoms with Crippen LogP contribution in [0, 0.1) is 11.8 Å². The van der Waals surface area contributed by atoms with Crippen LogP contribution in [0.15, 0.2) is 24.3 Å². The van der Waals surface area contributed by atoms with Gasteiger partial charge in [0.15, 0.2) is 0 Å². The van der Waals surface area contributed by atoms with Gasteiger partial charge in [-0.25, -0.2) is 0 Å². The summed E-state index contributed by atoms with van der Waals surface area (Å²) < 4.78 is 5.20. The van der Waals surface area contributed by atoms with Crippen LogP contribution in [-0.2, 0) is 11.2 Å². The molecule has 0 bridgehead atoms. The Bertz CT molecular complexity index is 317. The van der Waals surface area contributed by atoms with Crippen LogP contribution in [-0.4, -0.2) is 19.0 Å². The van der Waals surface area contributed by atoms with Crippen LogP contribution < -0.4 is 0 Å². The summed E-state index contributed by atoms with van der Waals surface area (Å²) in [4.78, 5) is 0. The van der Waals surface area contributed by atoms with Crippen molar-refractivity contribution in [3.05, 3.63) is 34.9 Å². The Balaban J connectivity index is 2.66. The van der Waals surface area contributed by atoms with Crippen molar-refractivity contribution >= 4 is 27.5 Å². The molecule has 0 saturated carbocycles. The molecule has 0 heterocycles. The minimum Gasteiger partial charge on any atom is -0.384 e. The SMILES string of the molecule is COCC(C)C(CBr)Cc1ccccc1Cl. The van der Waals surface area contributed by atoms with Gasteiger partial charge in [0.2, 0.25) is 0 Å². The molecule has 0 aliphatic carbocycles. The Morgan fingerprint density at radius 3 is 2.62 bits per heavy atom. The molecule has 1 nitrogen and oxygen atoms in total. The topological polar surface area (TPSA) is 9.23 Å². The molecular weight excluding hydrogens is 287 g/mol. The first kappa shape index (κ1) is 14.0. The maximum atomic E-state index is 6.16. The molecule has 0 amide bonds. The summed E-state index contributed by atoms with van der Waals surface area (Å²) in [6.45, 7) is 3.01. The van der Waals surface area contributed by atoms with E-state index >= 15 is 0 Å². The molecule has 0 radical (unpaired) electrons. The van der Waals surface area contributed by atoms with Crippen molar-refractivity contribution in [3.63, 3.8) is 0 Å². The van der Waals surface area contributed by atoms with E-state index in [1.165, 1.54) is 5.56 Å². The van der Waals surface area contributed by atoms with Gasteiger partial charge in [0.05, 0.1) is 0 Å². The molecule has 2 atom stereocenters. The maximum Gasteiger partial charge on any atom is 0.0490 e. The van der Waals surface area contributed by atoms with Gasteiger partial charge < -0.3 is 4.74 Å². The quantitative estimate of drug-likeness (QED) is 0.717. The van der Waals surface area contributed by atoms with Gasteiger partial charge in [-0.2, -0.15) is 0 Å². The number of halogens is 2. The van der Waals surface area contributed by atoms with Crippen LogP contribution in [0.4, 0.5) is 0 Å². The van der Waals surface area contributed by atoms with E-state index in [1.807, 2.05) is 18.2 Å². The molecule has 16 heavy (non-hydrogen) atoms.